The third-order valence-electron chi connectivity index (χ3n) is 2.43. The first kappa shape index (κ1) is 9.54. The number of aromatic hydroxyl groups is 1. The highest BCUT2D eigenvalue weighted by atomic mass is 32.1. The fourth-order valence-electron chi connectivity index (χ4n) is 1.67. The van der Waals surface area contributed by atoms with Gasteiger partial charge in [0, 0.05) is 5.38 Å². The lowest BCUT2D eigenvalue weighted by molar-refractivity contribution is 0.174. The summed E-state index contributed by atoms with van der Waals surface area (Å²) in [5, 5.41) is 11.2. The predicted molar refractivity (Wildman–Crippen MR) is 62.4 cm³/mol. The fourth-order valence-corrected chi connectivity index (χ4v) is 2.61. The minimum Gasteiger partial charge on any atom is -0.508 e. The average molecular weight is 234 g/mol. The lowest BCUT2D eigenvalue weighted by Crippen LogP contribution is -2.14. The molecule has 3 rings (SSSR count). The summed E-state index contributed by atoms with van der Waals surface area (Å²) in [4.78, 5) is 1.05. The Kier molecular flexibility index (Phi) is 2.22. The maximum Gasteiger partial charge on any atom is 0.179 e. The number of rotatable bonds is 1. The van der Waals surface area contributed by atoms with Crippen molar-refractivity contribution in [1.82, 2.24) is 0 Å². The Morgan fingerprint density at radius 1 is 1.06 bits per heavy atom. The molecule has 2 heterocycles. The van der Waals surface area contributed by atoms with E-state index >= 15 is 0 Å². The van der Waals surface area contributed by atoms with Crippen molar-refractivity contribution in [2.24, 2.45) is 0 Å². The van der Waals surface area contributed by atoms with E-state index in [9.17, 15) is 5.11 Å². The van der Waals surface area contributed by atoms with Gasteiger partial charge in [0.05, 0.1) is 4.88 Å². The third kappa shape index (κ3) is 1.51. The lowest BCUT2D eigenvalue weighted by atomic mass is 10.1. The summed E-state index contributed by atoms with van der Waals surface area (Å²) >= 11 is 1.59. The van der Waals surface area contributed by atoms with Gasteiger partial charge in [0.25, 0.3) is 0 Å². The van der Waals surface area contributed by atoms with Gasteiger partial charge in [-0.15, -0.1) is 11.3 Å². The zero-order valence-electron chi connectivity index (χ0n) is 8.47. The average Bonchev–Trinajstić information content (AvgIpc) is 2.74. The molecular weight excluding hydrogens is 224 g/mol. The number of hydrogen-bond donors (Lipinski definition) is 1. The zero-order valence-corrected chi connectivity index (χ0v) is 9.29. The van der Waals surface area contributed by atoms with Gasteiger partial charge < -0.3 is 14.6 Å². The van der Waals surface area contributed by atoms with Crippen molar-refractivity contribution in [3.8, 4) is 27.7 Å². The van der Waals surface area contributed by atoms with E-state index in [4.69, 9.17) is 9.47 Å². The largest absolute Gasteiger partial charge is 0.508 e. The molecule has 4 heteroatoms. The summed E-state index contributed by atoms with van der Waals surface area (Å²) in [5.41, 5.74) is 1.04. The van der Waals surface area contributed by atoms with Crippen LogP contribution in [-0.4, -0.2) is 18.3 Å². The van der Waals surface area contributed by atoms with E-state index in [1.807, 2.05) is 17.5 Å². The van der Waals surface area contributed by atoms with Crippen LogP contribution in [0.5, 0.6) is 17.2 Å². The number of ether oxygens (including phenoxy) is 2. The van der Waals surface area contributed by atoms with Gasteiger partial charge in [-0.3, -0.25) is 0 Å². The zero-order chi connectivity index (χ0) is 11.0. The van der Waals surface area contributed by atoms with Gasteiger partial charge in [0.1, 0.15) is 19.0 Å². The lowest BCUT2D eigenvalue weighted by Gasteiger charge is -2.16. The number of phenolic OH excluding ortho intramolecular Hbond substituents is 1. The van der Waals surface area contributed by atoms with Gasteiger partial charge >= 0.3 is 0 Å². The van der Waals surface area contributed by atoms with E-state index in [1.54, 1.807) is 23.5 Å². The molecule has 1 N–H and O–H groups in total. The SMILES string of the molecule is Oc1ccc(-c2scc3c2OCCO3)cc1. The highest BCUT2D eigenvalue weighted by molar-refractivity contribution is 7.14. The first-order valence-corrected chi connectivity index (χ1v) is 5.89. The monoisotopic (exact) mass is 234 g/mol. The Balaban J connectivity index is 2.06. The Hall–Kier alpha value is -1.68. The van der Waals surface area contributed by atoms with Crippen molar-refractivity contribution in [2.75, 3.05) is 13.2 Å². The molecule has 0 bridgehead atoms. The van der Waals surface area contributed by atoms with Gasteiger partial charge in [-0.05, 0) is 29.8 Å². The predicted octanol–water partition coefficient (Wildman–Crippen LogP) is 2.89. The first-order chi connectivity index (χ1) is 7.84. The van der Waals surface area contributed by atoms with Gasteiger partial charge in [-0.2, -0.15) is 0 Å². The molecule has 0 saturated carbocycles. The summed E-state index contributed by atoms with van der Waals surface area (Å²) in [6.07, 6.45) is 0. The van der Waals surface area contributed by atoms with Crippen LogP contribution in [0.1, 0.15) is 0 Å². The van der Waals surface area contributed by atoms with E-state index < -0.39 is 0 Å². The van der Waals surface area contributed by atoms with Crippen molar-refractivity contribution < 1.29 is 14.6 Å². The highest BCUT2D eigenvalue weighted by Crippen LogP contribution is 2.45. The van der Waals surface area contributed by atoms with Crippen LogP contribution >= 0.6 is 11.3 Å². The van der Waals surface area contributed by atoms with Gasteiger partial charge in [0.2, 0.25) is 0 Å². The molecule has 1 aliphatic heterocycles. The molecule has 1 aromatic carbocycles. The summed E-state index contributed by atoms with van der Waals surface area (Å²) in [7, 11) is 0. The smallest absolute Gasteiger partial charge is 0.179 e. The fraction of sp³-hybridized carbons (Fsp3) is 0.167. The van der Waals surface area contributed by atoms with Crippen molar-refractivity contribution in [2.45, 2.75) is 0 Å². The maximum absolute atomic E-state index is 9.24. The molecule has 0 fully saturated rings. The van der Waals surface area contributed by atoms with Crippen LogP contribution < -0.4 is 9.47 Å². The molecule has 1 aromatic heterocycles. The third-order valence-corrected chi connectivity index (χ3v) is 3.42. The van der Waals surface area contributed by atoms with E-state index in [0.717, 1.165) is 21.9 Å². The van der Waals surface area contributed by atoms with E-state index in [0.29, 0.717) is 13.2 Å². The van der Waals surface area contributed by atoms with Crippen LogP contribution in [0.2, 0.25) is 0 Å². The number of hydrogen-bond acceptors (Lipinski definition) is 4. The Morgan fingerprint density at radius 3 is 2.62 bits per heavy atom. The van der Waals surface area contributed by atoms with Crippen molar-refractivity contribution in [3.63, 3.8) is 0 Å². The van der Waals surface area contributed by atoms with Crippen LogP contribution in [0.4, 0.5) is 0 Å². The molecule has 0 amide bonds. The van der Waals surface area contributed by atoms with Crippen LogP contribution in [0.15, 0.2) is 29.6 Å². The molecule has 0 atom stereocenters. The Morgan fingerprint density at radius 2 is 1.81 bits per heavy atom. The van der Waals surface area contributed by atoms with E-state index in [2.05, 4.69) is 0 Å². The van der Waals surface area contributed by atoms with Crippen molar-refractivity contribution in [1.29, 1.82) is 0 Å². The molecule has 0 saturated heterocycles. The topological polar surface area (TPSA) is 38.7 Å². The van der Waals surface area contributed by atoms with E-state index in [-0.39, 0.29) is 5.75 Å². The van der Waals surface area contributed by atoms with Crippen molar-refractivity contribution >= 4 is 11.3 Å². The molecule has 3 nitrogen and oxygen atoms in total. The minimum absolute atomic E-state index is 0.270. The van der Waals surface area contributed by atoms with Gasteiger partial charge in [-0.1, -0.05) is 0 Å². The van der Waals surface area contributed by atoms with Gasteiger partial charge in [0.15, 0.2) is 11.5 Å². The Labute approximate surface area is 96.9 Å². The molecule has 1 aliphatic rings. The molecule has 0 aliphatic carbocycles. The number of phenols is 1. The van der Waals surface area contributed by atoms with Gasteiger partial charge in [-0.25, -0.2) is 0 Å². The summed E-state index contributed by atoms with van der Waals surface area (Å²) < 4.78 is 11.1. The molecule has 0 radical (unpaired) electrons. The second kappa shape index (κ2) is 3.72. The summed E-state index contributed by atoms with van der Waals surface area (Å²) in [6.45, 7) is 1.20. The molecule has 82 valence electrons. The molecule has 2 aromatic rings. The second-order valence-corrected chi connectivity index (χ2v) is 4.38. The first-order valence-electron chi connectivity index (χ1n) is 5.01. The molecule has 0 spiro atoms. The number of thiophene rings is 1. The van der Waals surface area contributed by atoms with Crippen LogP contribution in [0.25, 0.3) is 10.4 Å². The molecular formula is C12H10O3S. The highest BCUT2D eigenvalue weighted by Gasteiger charge is 2.19. The summed E-state index contributed by atoms with van der Waals surface area (Å²) in [5.74, 6) is 1.91. The maximum atomic E-state index is 9.24. The molecule has 16 heavy (non-hydrogen) atoms. The van der Waals surface area contributed by atoms with Crippen LogP contribution in [0.3, 0.4) is 0 Å². The van der Waals surface area contributed by atoms with Crippen LogP contribution in [0, 0.1) is 0 Å². The number of fused-ring (bicyclic) bond motifs is 1. The quantitative estimate of drug-likeness (QED) is 0.824. The standard InChI is InChI=1S/C12H10O3S/c13-9-3-1-8(2-4-9)12-11-10(7-16-12)14-5-6-15-11/h1-4,7,13H,5-6H2. The van der Waals surface area contributed by atoms with E-state index in [1.165, 1.54) is 0 Å². The second-order valence-electron chi connectivity index (χ2n) is 3.50. The van der Waals surface area contributed by atoms with Crippen molar-refractivity contribution in [3.05, 3.63) is 29.6 Å². The minimum atomic E-state index is 0.270. The summed E-state index contributed by atoms with van der Waals surface area (Å²) in [6, 6.07) is 7.09. The Bertz CT molecular complexity index is 501. The van der Waals surface area contributed by atoms with Crippen LogP contribution in [-0.2, 0) is 0 Å². The molecule has 0 unspecified atom stereocenters. The number of benzene rings is 1. The normalized spacial score (nSPS) is 13.8.